The van der Waals surface area contributed by atoms with Gasteiger partial charge in [0.2, 0.25) is 0 Å². The molecule has 1 heterocycles. The van der Waals surface area contributed by atoms with Gasteiger partial charge in [0.1, 0.15) is 18.6 Å². The minimum absolute atomic E-state index is 0.0657. The van der Waals surface area contributed by atoms with Gasteiger partial charge in [-0.3, -0.25) is 5.32 Å². The van der Waals surface area contributed by atoms with Crippen molar-refractivity contribution in [3.63, 3.8) is 0 Å². The average molecular weight is 285 g/mol. The number of aliphatic hydroxyl groups excluding tert-OH is 1. The zero-order valence-electron chi connectivity index (χ0n) is 11.9. The van der Waals surface area contributed by atoms with Gasteiger partial charge in [-0.15, -0.1) is 0 Å². The summed E-state index contributed by atoms with van der Waals surface area (Å²) in [5.74, 6) is 0.814. The summed E-state index contributed by atoms with van der Waals surface area (Å²) in [7, 11) is 0. The van der Waals surface area contributed by atoms with Crippen molar-refractivity contribution in [2.45, 2.75) is 32.1 Å². The van der Waals surface area contributed by atoms with Crippen LogP contribution in [0.1, 0.15) is 24.3 Å². The molecule has 2 aromatic carbocycles. The van der Waals surface area contributed by atoms with Crippen LogP contribution in [-0.2, 0) is 11.3 Å². The molecule has 1 saturated heterocycles. The molecule has 110 valence electrons. The van der Waals surface area contributed by atoms with Crippen molar-refractivity contribution in [2.24, 2.45) is 0 Å². The van der Waals surface area contributed by atoms with E-state index in [-0.39, 0.29) is 12.3 Å². The fourth-order valence-electron chi connectivity index (χ4n) is 2.27. The number of ether oxygens (including phenoxy) is 2. The first-order valence-corrected chi connectivity index (χ1v) is 7.08. The molecule has 4 heteroatoms. The zero-order valence-corrected chi connectivity index (χ0v) is 11.9. The highest BCUT2D eigenvalue weighted by molar-refractivity contribution is 5.29. The molecule has 0 bridgehead atoms. The third-order valence-electron chi connectivity index (χ3n) is 3.55. The van der Waals surface area contributed by atoms with Crippen LogP contribution in [0.25, 0.3) is 0 Å². The summed E-state index contributed by atoms with van der Waals surface area (Å²) >= 11 is 0. The molecule has 0 amide bonds. The second-order valence-electron chi connectivity index (χ2n) is 5.21. The van der Waals surface area contributed by atoms with Crippen LogP contribution < -0.4 is 10.1 Å². The second kappa shape index (κ2) is 6.26. The number of nitrogens with one attached hydrogen (secondary N) is 1. The lowest BCUT2D eigenvalue weighted by molar-refractivity contribution is -0.0965. The Kier molecular flexibility index (Phi) is 4.20. The molecule has 3 atom stereocenters. The molecule has 3 unspecified atom stereocenters. The normalized spacial score (nSPS) is 25.0. The summed E-state index contributed by atoms with van der Waals surface area (Å²) in [5, 5.41) is 12.8. The lowest BCUT2D eigenvalue weighted by Crippen LogP contribution is -2.27. The smallest absolute Gasteiger partial charge is 0.172 e. The molecule has 1 aliphatic heterocycles. The highest BCUT2D eigenvalue weighted by Gasteiger charge is 2.30. The largest absolute Gasteiger partial charge is 0.489 e. The summed E-state index contributed by atoms with van der Waals surface area (Å²) in [4.78, 5) is 0. The van der Waals surface area contributed by atoms with Crippen LogP contribution in [0.2, 0.25) is 0 Å². The van der Waals surface area contributed by atoms with Gasteiger partial charge in [-0.05, 0) is 30.2 Å². The monoisotopic (exact) mass is 285 g/mol. The standard InChI is InChI=1S/C17H19NO3/c1-12-17(19)21-16(18-12)14-7-9-15(10-8-14)20-11-13-5-3-2-4-6-13/h2-10,12,16-19H,11H2,1H3. The topological polar surface area (TPSA) is 50.7 Å². The van der Waals surface area contributed by atoms with Gasteiger partial charge < -0.3 is 14.6 Å². The first-order valence-electron chi connectivity index (χ1n) is 7.08. The van der Waals surface area contributed by atoms with E-state index in [0.717, 1.165) is 16.9 Å². The third-order valence-corrected chi connectivity index (χ3v) is 3.55. The maximum Gasteiger partial charge on any atom is 0.172 e. The molecule has 1 fully saturated rings. The molecule has 1 aliphatic rings. The maximum absolute atomic E-state index is 9.58. The van der Waals surface area contributed by atoms with Crippen LogP contribution in [0.15, 0.2) is 54.6 Å². The van der Waals surface area contributed by atoms with Crippen molar-refractivity contribution in [3.8, 4) is 5.75 Å². The molecule has 2 N–H and O–H groups in total. The predicted octanol–water partition coefficient (Wildman–Crippen LogP) is 2.59. The molecule has 3 rings (SSSR count). The molecule has 0 saturated carbocycles. The minimum Gasteiger partial charge on any atom is -0.489 e. The Bertz CT molecular complexity index is 560. The van der Waals surface area contributed by atoms with E-state index in [2.05, 4.69) is 5.32 Å². The SMILES string of the molecule is CC1NC(c2ccc(OCc3ccccc3)cc2)OC1O. The molecule has 21 heavy (non-hydrogen) atoms. The Labute approximate surface area is 124 Å². The Morgan fingerprint density at radius 1 is 1.10 bits per heavy atom. The number of benzene rings is 2. The van der Waals surface area contributed by atoms with Crippen molar-refractivity contribution in [2.75, 3.05) is 0 Å². The van der Waals surface area contributed by atoms with Crippen molar-refractivity contribution in [3.05, 3.63) is 65.7 Å². The minimum atomic E-state index is -0.760. The molecular formula is C17H19NO3. The van der Waals surface area contributed by atoms with Gasteiger partial charge in [-0.1, -0.05) is 42.5 Å². The van der Waals surface area contributed by atoms with Gasteiger partial charge in [-0.2, -0.15) is 0 Å². The van der Waals surface area contributed by atoms with Crippen LogP contribution in [0.5, 0.6) is 5.75 Å². The summed E-state index contributed by atoms with van der Waals surface area (Å²) in [6.45, 7) is 2.44. The molecule has 0 aliphatic carbocycles. The molecule has 0 radical (unpaired) electrons. The van der Waals surface area contributed by atoms with Crippen molar-refractivity contribution in [1.29, 1.82) is 0 Å². The molecule has 4 nitrogen and oxygen atoms in total. The van der Waals surface area contributed by atoms with E-state index < -0.39 is 6.29 Å². The van der Waals surface area contributed by atoms with Crippen molar-refractivity contribution >= 4 is 0 Å². The molecular weight excluding hydrogens is 266 g/mol. The van der Waals surface area contributed by atoms with E-state index in [1.54, 1.807) is 0 Å². The van der Waals surface area contributed by atoms with E-state index in [1.165, 1.54) is 0 Å². The van der Waals surface area contributed by atoms with Gasteiger partial charge in [0.15, 0.2) is 6.29 Å². The number of aliphatic hydroxyl groups is 1. The Morgan fingerprint density at radius 3 is 2.43 bits per heavy atom. The van der Waals surface area contributed by atoms with Crippen LogP contribution in [0.3, 0.4) is 0 Å². The van der Waals surface area contributed by atoms with Crippen LogP contribution in [-0.4, -0.2) is 17.4 Å². The van der Waals surface area contributed by atoms with E-state index >= 15 is 0 Å². The average Bonchev–Trinajstić information content (AvgIpc) is 2.86. The molecule has 2 aromatic rings. The van der Waals surface area contributed by atoms with E-state index in [1.807, 2.05) is 61.5 Å². The molecule has 0 spiro atoms. The summed E-state index contributed by atoms with van der Waals surface area (Å²) < 4.78 is 11.2. The number of rotatable bonds is 4. The Hall–Kier alpha value is -1.88. The van der Waals surface area contributed by atoms with Gasteiger partial charge in [-0.25, -0.2) is 0 Å². The highest BCUT2D eigenvalue weighted by atomic mass is 16.6. The predicted molar refractivity (Wildman–Crippen MR) is 79.6 cm³/mol. The highest BCUT2D eigenvalue weighted by Crippen LogP contribution is 2.25. The molecule has 0 aromatic heterocycles. The summed E-state index contributed by atoms with van der Waals surface area (Å²) in [5.41, 5.74) is 2.12. The Balaban J connectivity index is 1.59. The zero-order chi connectivity index (χ0) is 14.7. The fourth-order valence-corrected chi connectivity index (χ4v) is 2.27. The first kappa shape index (κ1) is 14.1. The van der Waals surface area contributed by atoms with Crippen LogP contribution in [0, 0.1) is 0 Å². The van der Waals surface area contributed by atoms with Crippen LogP contribution in [0.4, 0.5) is 0 Å². The van der Waals surface area contributed by atoms with E-state index in [0.29, 0.717) is 6.61 Å². The number of hydrogen-bond donors (Lipinski definition) is 2. The fraction of sp³-hybridized carbons (Fsp3) is 0.294. The van der Waals surface area contributed by atoms with E-state index in [4.69, 9.17) is 9.47 Å². The van der Waals surface area contributed by atoms with Gasteiger partial charge in [0, 0.05) is 0 Å². The van der Waals surface area contributed by atoms with Crippen molar-refractivity contribution in [1.82, 2.24) is 5.32 Å². The summed E-state index contributed by atoms with van der Waals surface area (Å²) in [6, 6.07) is 17.7. The number of hydrogen-bond acceptors (Lipinski definition) is 4. The van der Waals surface area contributed by atoms with Gasteiger partial charge >= 0.3 is 0 Å². The second-order valence-corrected chi connectivity index (χ2v) is 5.21. The van der Waals surface area contributed by atoms with Gasteiger partial charge in [0.25, 0.3) is 0 Å². The quantitative estimate of drug-likeness (QED) is 0.906. The maximum atomic E-state index is 9.58. The summed E-state index contributed by atoms with van der Waals surface area (Å²) in [6.07, 6.45) is -1.03. The van der Waals surface area contributed by atoms with Gasteiger partial charge in [0.05, 0.1) is 6.04 Å². The lowest BCUT2D eigenvalue weighted by Gasteiger charge is -2.12. The lowest BCUT2D eigenvalue weighted by atomic mass is 10.2. The van der Waals surface area contributed by atoms with Crippen LogP contribution >= 0.6 is 0 Å². The van der Waals surface area contributed by atoms with Crippen molar-refractivity contribution < 1.29 is 14.6 Å². The Morgan fingerprint density at radius 2 is 1.81 bits per heavy atom. The van der Waals surface area contributed by atoms with E-state index in [9.17, 15) is 5.11 Å². The first-order chi connectivity index (χ1) is 10.2. The third kappa shape index (κ3) is 3.42.